The summed E-state index contributed by atoms with van der Waals surface area (Å²) in [6.07, 6.45) is 5.77. The molecule has 1 aromatic heterocycles. The number of rotatable bonds is 5. The lowest BCUT2D eigenvalue weighted by Crippen LogP contribution is -2.40. The lowest BCUT2D eigenvalue weighted by Gasteiger charge is -2.19. The molecular formula is C11H18N4O. The van der Waals surface area contributed by atoms with Crippen LogP contribution in [0.1, 0.15) is 12.0 Å². The summed E-state index contributed by atoms with van der Waals surface area (Å²) in [7, 11) is 3.58. The van der Waals surface area contributed by atoms with Crippen molar-refractivity contribution in [2.24, 2.45) is 12.8 Å². The van der Waals surface area contributed by atoms with E-state index in [0.29, 0.717) is 13.0 Å². The smallest absolute Gasteiger partial charge is 0.239 e. The van der Waals surface area contributed by atoms with E-state index in [9.17, 15) is 4.79 Å². The Balaban J connectivity index is 2.54. The van der Waals surface area contributed by atoms with Gasteiger partial charge in [-0.2, -0.15) is 5.10 Å². The SMILES string of the molecule is C=CCC(N)C(=O)N(C)Cc1cnn(C)c1. The van der Waals surface area contributed by atoms with Gasteiger partial charge < -0.3 is 10.6 Å². The molecule has 0 saturated heterocycles. The van der Waals surface area contributed by atoms with Crippen LogP contribution < -0.4 is 5.73 Å². The molecular weight excluding hydrogens is 204 g/mol. The van der Waals surface area contributed by atoms with Gasteiger partial charge in [-0.1, -0.05) is 6.08 Å². The van der Waals surface area contributed by atoms with Crippen LogP contribution in [0.2, 0.25) is 0 Å². The van der Waals surface area contributed by atoms with Gasteiger partial charge in [0.2, 0.25) is 5.91 Å². The van der Waals surface area contributed by atoms with E-state index < -0.39 is 6.04 Å². The fourth-order valence-electron chi connectivity index (χ4n) is 1.47. The minimum Gasteiger partial charge on any atom is -0.340 e. The average Bonchev–Trinajstić information content (AvgIpc) is 2.63. The monoisotopic (exact) mass is 222 g/mol. The van der Waals surface area contributed by atoms with Gasteiger partial charge in [-0.3, -0.25) is 9.48 Å². The van der Waals surface area contributed by atoms with Crippen molar-refractivity contribution in [3.8, 4) is 0 Å². The first kappa shape index (κ1) is 12.4. The van der Waals surface area contributed by atoms with Crippen LogP contribution in [-0.4, -0.2) is 33.7 Å². The molecule has 0 aliphatic heterocycles. The molecule has 2 N–H and O–H groups in total. The Bertz CT molecular complexity index is 372. The zero-order valence-electron chi connectivity index (χ0n) is 9.76. The number of nitrogens with two attached hydrogens (primary N) is 1. The van der Waals surface area contributed by atoms with Crippen molar-refractivity contribution in [3.05, 3.63) is 30.6 Å². The molecule has 16 heavy (non-hydrogen) atoms. The second kappa shape index (κ2) is 5.46. The molecule has 0 aromatic carbocycles. The number of amides is 1. The summed E-state index contributed by atoms with van der Waals surface area (Å²) >= 11 is 0. The standard InChI is InChI=1S/C11H18N4O/c1-4-5-10(12)11(16)14(2)7-9-6-13-15(3)8-9/h4,6,8,10H,1,5,7,12H2,2-3H3. The molecule has 0 saturated carbocycles. The number of nitrogens with zero attached hydrogens (tertiary/aromatic N) is 3. The van der Waals surface area contributed by atoms with E-state index in [1.54, 1.807) is 28.9 Å². The van der Waals surface area contributed by atoms with Crippen LogP contribution in [0.5, 0.6) is 0 Å². The maximum Gasteiger partial charge on any atom is 0.239 e. The highest BCUT2D eigenvalue weighted by molar-refractivity contribution is 5.81. The molecule has 0 radical (unpaired) electrons. The highest BCUT2D eigenvalue weighted by atomic mass is 16.2. The summed E-state index contributed by atoms with van der Waals surface area (Å²) < 4.78 is 1.71. The molecule has 5 heteroatoms. The normalized spacial score (nSPS) is 12.2. The topological polar surface area (TPSA) is 64.2 Å². The summed E-state index contributed by atoms with van der Waals surface area (Å²) in [6, 6.07) is -0.501. The first-order chi connectivity index (χ1) is 7.54. The fraction of sp³-hybridized carbons (Fsp3) is 0.455. The number of carbonyl (C=O) groups excluding carboxylic acids is 1. The zero-order chi connectivity index (χ0) is 12.1. The van der Waals surface area contributed by atoms with Crippen molar-refractivity contribution in [1.82, 2.24) is 14.7 Å². The molecule has 0 spiro atoms. The van der Waals surface area contributed by atoms with Crippen LogP contribution in [0.4, 0.5) is 0 Å². The first-order valence-electron chi connectivity index (χ1n) is 5.13. The van der Waals surface area contributed by atoms with E-state index >= 15 is 0 Å². The molecule has 5 nitrogen and oxygen atoms in total. The molecule has 0 fully saturated rings. The Morgan fingerprint density at radius 3 is 3.00 bits per heavy atom. The van der Waals surface area contributed by atoms with E-state index in [1.807, 2.05) is 13.2 Å². The molecule has 1 rings (SSSR count). The molecule has 1 atom stereocenters. The summed E-state index contributed by atoms with van der Waals surface area (Å²) in [5.74, 6) is -0.0799. The number of hydrogen-bond acceptors (Lipinski definition) is 3. The quantitative estimate of drug-likeness (QED) is 0.728. The Morgan fingerprint density at radius 1 is 1.81 bits per heavy atom. The van der Waals surface area contributed by atoms with Crippen LogP contribution in [0.3, 0.4) is 0 Å². The molecule has 1 heterocycles. The molecule has 1 amide bonds. The van der Waals surface area contributed by atoms with Gasteiger partial charge in [-0.15, -0.1) is 6.58 Å². The van der Waals surface area contributed by atoms with E-state index in [0.717, 1.165) is 5.56 Å². The van der Waals surface area contributed by atoms with Crippen LogP contribution in [-0.2, 0) is 18.4 Å². The van der Waals surface area contributed by atoms with Gasteiger partial charge in [-0.05, 0) is 6.42 Å². The van der Waals surface area contributed by atoms with E-state index in [1.165, 1.54) is 0 Å². The van der Waals surface area contributed by atoms with Crippen LogP contribution in [0.25, 0.3) is 0 Å². The Labute approximate surface area is 95.5 Å². The van der Waals surface area contributed by atoms with Crippen LogP contribution in [0.15, 0.2) is 25.0 Å². The summed E-state index contributed by atoms with van der Waals surface area (Å²) in [5.41, 5.74) is 6.69. The molecule has 1 unspecified atom stereocenters. The summed E-state index contributed by atoms with van der Waals surface area (Å²) in [6.45, 7) is 4.09. The van der Waals surface area contributed by atoms with Crippen LogP contribution >= 0.6 is 0 Å². The molecule has 0 aliphatic rings. The molecule has 0 bridgehead atoms. The largest absolute Gasteiger partial charge is 0.340 e. The van der Waals surface area contributed by atoms with E-state index in [2.05, 4.69) is 11.7 Å². The van der Waals surface area contributed by atoms with Crippen molar-refractivity contribution >= 4 is 5.91 Å². The van der Waals surface area contributed by atoms with Crippen molar-refractivity contribution < 1.29 is 4.79 Å². The van der Waals surface area contributed by atoms with Gasteiger partial charge in [0.05, 0.1) is 12.2 Å². The average molecular weight is 222 g/mol. The third kappa shape index (κ3) is 3.20. The molecule has 0 aliphatic carbocycles. The van der Waals surface area contributed by atoms with Gasteiger partial charge in [0, 0.05) is 32.4 Å². The lowest BCUT2D eigenvalue weighted by molar-refractivity contribution is -0.131. The Kier molecular flexibility index (Phi) is 4.25. The fourth-order valence-corrected chi connectivity index (χ4v) is 1.47. The van der Waals surface area contributed by atoms with E-state index in [-0.39, 0.29) is 5.91 Å². The molecule has 88 valence electrons. The third-order valence-corrected chi connectivity index (χ3v) is 2.29. The van der Waals surface area contributed by atoms with Crippen molar-refractivity contribution in [2.75, 3.05) is 7.05 Å². The number of aromatic nitrogens is 2. The second-order valence-corrected chi connectivity index (χ2v) is 3.85. The Hall–Kier alpha value is -1.62. The van der Waals surface area contributed by atoms with Gasteiger partial charge in [0.25, 0.3) is 0 Å². The first-order valence-corrected chi connectivity index (χ1v) is 5.13. The second-order valence-electron chi connectivity index (χ2n) is 3.85. The highest BCUT2D eigenvalue weighted by Gasteiger charge is 2.16. The van der Waals surface area contributed by atoms with Crippen molar-refractivity contribution in [3.63, 3.8) is 0 Å². The van der Waals surface area contributed by atoms with Gasteiger partial charge in [0.15, 0.2) is 0 Å². The molecule has 1 aromatic rings. The highest BCUT2D eigenvalue weighted by Crippen LogP contribution is 2.03. The van der Waals surface area contributed by atoms with Gasteiger partial charge >= 0.3 is 0 Å². The predicted molar refractivity (Wildman–Crippen MR) is 62.5 cm³/mol. The summed E-state index contributed by atoms with van der Waals surface area (Å²) in [5, 5.41) is 4.04. The number of likely N-dealkylation sites (N-methyl/N-ethyl adjacent to an activating group) is 1. The zero-order valence-corrected chi connectivity index (χ0v) is 9.76. The van der Waals surface area contributed by atoms with Gasteiger partial charge in [-0.25, -0.2) is 0 Å². The van der Waals surface area contributed by atoms with Gasteiger partial charge in [0.1, 0.15) is 0 Å². The minimum atomic E-state index is -0.501. The predicted octanol–water partition coefficient (Wildman–Crippen LogP) is 0.282. The number of carbonyl (C=O) groups is 1. The van der Waals surface area contributed by atoms with Crippen LogP contribution in [0, 0.1) is 0 Å². The van der Waals surface area contributed by atoms with Crippen molar-refractivity contribution in [2.45, 2.75) is 19.0 Å². The lowest BCUT2D eigenvalue weighted by atomic mass is 10.2. The minimum absolute atomic E-state index is 0.0799. The van der Waals surface area contributed by atoms with E-state index in [4.69, 9.17) is 5.73 Å². The van der Waals surface area contributed by atoms with Crippen molar-refractivity contribution in [1.29, 1.82) is 0 Å². The third-order valence-electron chi connectivity index (χ3n) is 2.29. The Morgan fingerprint density at radius 2 is 2.50 bits per heavy atom. The number of hydrogen-bond donors (Lipinski definition) is 1. The summed E-state index contributed by atoms with van der Waals surface area (Å²) in [4.78, 5) is 13.4. The maximum absolute atomic E-state index is 11.8. The maximum atomic E-state index is 11.8. The number of aryl methyl sites for hydroxylation is 1.